The number of fused-ring (bicyclic) bond motifs is 1. The predicted octanol–water partition coefficient (Wildman–Crippen LogP) is 2.48. The Bertz CT molecular complexity index is 548. The van der Waals surface area contributed by atoms with Gasteiger partial charge >= 0.3 is 0 Å². The van der Waals surface area contributed by atoms with Gasteiger partial charge in [0.05, 0.1) is 6.61 Å². The lowest BCUT2D eigenvalue weighted by atomic mass is 10.1. The fraction of sp³-hybridized carbons (Fsp3) is 0.533. The number of ether oxygens (including phenoxy) is 2. The average molecular weight is 421 g/mol. The molecule has 0 atom stereocenters. The van der Waals surface area contributed by atoms with E-state index in [1.807, 2.05) is 0 Å². The summed E-state index contributed by atoms with van der Waals surface area (Å²) in [7, 11) is 1.77. The molecule has 0 aliphatic carbocycles. The first-order valence-corrected chi connectivity index (χ1v) is 7.25. The van der Waals surface area contributed by atoms with Crippen molar-refractivity contribution in [1.82, 2.24) is 10.2 Å². The second-order valence-electron chi connectivity index (χ2n) is 5.26. The molecule has 2 aliphatic heterocycles. The van der Waals surface area contributed by atoms with E-state index in [1.54, 1.807) is 7.05 Å². The molecular formula is C15H21FIN3O2. The van der Waals surface area contributed by atoms with Gasteiger partial charge in [0, 0.05) is 37.8 Å². The lowest BCUT2D eigenvalue weighted by Crippen LogP contribution is -2.39. The number of hydrogen-bond donors (Lipinski definition) is 1. The first-order valence-electron chi connectivity index (χ1n) is 7.25. The molecule has 2 aliphatic rings. The van der Waals surface area contributed by atoms with Gasteiger partial charge in [-0.25, -0.2) is 4.39 Å². The molecule has 2 heterocycles. The number of likely N-dealkylation sites (tertiary alicyclic amines) is 1. The molecule has 1 saturated heterocycles. The predicted molar refractivity (Wildman–Crippen MR) is 93.1 cm³/mol. The summed E-state index contributed by atoms with van der Waals surface area (Å²) >= 11 is 0. The maximum Gasteiger partial charge on any atom is 0.193 e. The zero-order valence-corrected chi connectivity index (χ0v) is 14.9. The smallest absolute Gasteiger partial charge is 0.193 e. The molecule has 5 nitrogen and oxygen atoms in total. The van der Waals surface area contributed by atoms with Gasteiger partial charge in [-0.15, -0.1) is 24.0 Å². The SMILES string of the molecule is CN=C(NCc1cc(F)cc2c1OCOC2)N1CCCC1.I. The molecule has 7 heteroatoms. The number of halogens is 2. The van der Waals surface area contributed by atoms with Crippen molar-refractivity contribution in [3.63, 3.8) is 0 Å². The minimum Gasteiger partial charge on any atom is -0.467 e. The highest BCUT2D eigenvalue weighted by atomic mass is 127. The van der Waals surface area contributed by atoms with Crippen molar-refractivity contribution >= 4 is 29.9 Å². The molecule has 22 heavy (non-hydrogen) atoms. The first-order chi connectivity index (χ1) is 10.3. The van der Waals surface area contributed by atoms with Crippen molar-refractivity contribution in [3.8, 4) is 5.75 Å². The molecule has 3 rings (SSSR count). The molecule has 1 N–H and O–H groups in total. The fourth-order valence-corrected chi connectivity index (χ4v) is 2.82. The largest absolute Gasteiger partial charge is 0.467 e. The van der Waals surface area contributed by atoms with E-state index in [4.69, 9.17) is 9.47 Å². The summed E-state index contributed by atoms with van der Waals surface area (Å²) in [5.41, 5.74) is 1.56. The number of nitrogens with one attached hydrogen (secondary N) is 1. The lowest BCUT2D eigenvalue weighted by Gasteiger charge is -2.23. The Morgan fingerprint density at radius 3 is 2.86 bits per heavy atom. The van der Waals surface area contributed by atoms with Gasteiger partial charge in [0.1, 0.15) is 11.6 Å². The molecule has 0 amide bonds. The van der Waals surface area contributed by atoms with Crippen LogP contribution in [-0.2, 0) is 17.9 Å². The van der Waals surface area contributed by atoms with Crippen LogP contribution in [0.1, 0.15) is 24.0 Å². The van der Waals surface area contributed by atoms with Crippen LogP contribution in [0.3, 0.4) is 0 Å². The maximum atomic E-state index is 13.7. The third-order valence-electron chi connectivity index (χ3n) is 3.81. The van der Waals surface area contributed by atoms with E-state index in [-0.39, 0.29) is 36.6 Å². The average Bonchev–Trinajstić information content (AvgIpc) is 3.02. The zero-order chi connectivity index (χ0) is 14.7. The Balaban J connectivity index is 0.00000176. The second-order valence-corrected chi connectivity index (χ2v) is 5.26. The molecule has 1 aromatic rings. The molecule has 122 valence electrons. The van der Waals surface area contributed by atoms with Gasteiger partial charge < -0.3 is 19.7 Å². The topological polar surface area (TPSA) is 46.1 Å². The van der Waals surface area contributed by atoms with Crippen molar-refractivity contribution in [2.24, 2.45) is 4.99 Å². The first kappa shape index (κ1) is 17.3. The molecule has 0 saturated carbocycles. The van der Waals surface area contributed by atoms with Crippen LogP contribution in [0, 0.1) is 5.82 Å². The van der Waals surface area contributed by atoms with E-state index in [1.165, 1.54) is 25.0 Å². The summed E-state index contributed by atoms with van der Waals surface area (Å²) in [6, 6.07) is 2.97. The maximum absolute atomic E-state index is 13.7. The van der Waals surface area contributed by atoms with Crippen LogP contribution < -0.4 is 10.1 Å². The van der Waals surface area contributed by atoms with E-state index in [2.05, 4.69) is 15.2 Å². The highest BCUT2D eigenvalue weighted by Crippen LogP contribution is 2.29. The summed E-state index contributed by atoms with van der Waals surface area (Å²) in [6.45, 7) is 3.13. The van der Waals surface area contributed by atoms with Crippen molar-refractivity contribution in [2.45, 2.75) is 26.0 Å². The minimum absolute atomic E-state index is 0. The summed E-state index contributed by atoms with van der Waals surface area (Å²) in [5.74, 6) is 1.32. The molecule has 0 radical (unpaired) electrons. The summed E-state index contributed by atoms with van der Waals surface area (Å²) in [4.78, 5) is 6.51. The van der Waals surface area contributed by atoms with Crippen LogP contribution in [0.5, 0.6) is 5.75 Å². The van der Waals surface area contributed by atoms with Gasteiger partial charge in [0.2, 0.25) is 0 Å². The Kier molecular flexibility index (Phi) is 6.25. The lowest BCUT2D eigenvalue weighted by molar-refractivity contribution is -0.0173. The molecular weight excluding hydrogens is 400 g/mol. The van der Waals surface area contributed by atoms with Gasteiger partial charge in [-0.05, 0) is 25.0 Å². The number of rotatable bonds is 2. The van der Waals surface area contributed by atoms with Crippen molar-refractivity contribution < 1.29 is 13.9 Å². The quantitative estimate of drug-likeness (QED) is 0.453. The van der Waals surface area contributed by atoms with Gasteiger partial charge in [-0.2, -0.15) is 0 Å². The number of hydrogen-bond acceptors (Lipinski definition) is 3. The van der Waals surface area contributed by atoms with Gasteiger partial charge in [0.25, 0.3) is 0 Å². The molecule has 1 fully saturated rings. The van der Waals surface area contributed by atoms with Crippen molar-refractivity contribution in [1.29, 1.82) is 0 Å². The van der Waals surface area contributed by atoms with E-state index in [0.29, 0.717) is 13.2 Å². The van der Waals surface area contributed by atoms with Gasteiger partial charge in [0.15, 0.2) is 12.8 Å². The third-order valence-corrected chi connectivity index (χ3v) is 3.81. The molecule has 0 aromatic heterocycles. The zero-order valence-electron chi connectivity index (χ0n) is 12.6. The number of guanidine groups is 1. The van der Waals surface area contributed by atoms with Crippen LogP contribution in [0.25, 0.3) is 0 Å². The second kappa shape index (κ2) is 7.96. The number of benzene rings is 1. The van der Waals surface area contributed by atoms with Gasteiger partial charge in [-0.3, -0.25) is 4.99 Å². The van der Waals surface area contributed by atoms with Crippen molar-refractivity contribution in [3.05, 3.63) is 29.1 Å². The Labute approximate surface area is 146 Å². The standard InChI is InChI=1S/C15H20FN3O2.HI/c1-17-15(19-4-2-3-5-19)18-8-11-6-13(16)7-12-9-20-10-21-14(11)12;/h6-7H,2-5,8-10H2,1H3,(H,17,18);1H. The van der Waals surface area contributed by atoms with Crippen LogP contribution in [-0.4, -0.2) is 37.8 Å². The van der Waals surface area contributed by atoms with Gasteiger partial charge in [-0.1, -0.05) is 0 Å². The van der Waals surface area contributed by atoms with E-state index >= 15 is 0 Å². The summed E-state index contributed by atoms with van der Waals surface area (Å²) in [5, 5.41) is 3.29. The van der Waals surface area contributed by atoms with E-state index < -0.39 is 0 Å². The van der Waals surface area contributed by atoms with Crippen LogP contribution in [0.15, 0.2) is 17.1 Å². The highest BCUT2D eigenvalue weighted by molar-refractivity contribution is 14.0. The molecule has 0 spiro atoms. The van der Waals surface area contributed by atoms with Crippen LogP contribution >= 0.6 is 24.0 Å². The van der Waals surface area contributed by atoms with Crippen molar-refractivity contribution in [2.75, 3.05) is 26.9 Å². The molecule has 1 aromatic carbocycles. The summed E-state index contributed by atoms with van der Waals surface area (Å²) in [6.07, 6.45) is 2.38. The van der Waals surface area contributed by atoms with Crippen LogP contribution in [0.2, 0.25) is 0 Å². The highest BCUT2D eigenvalue weighted by Gasteiger charge is 2.19. The molecule has 0 unspecified atom stereocenters. The normalized spacial score (nSPS) is 17.5. The Morgan fingerprint density at radius 1 is 1.36 bits per heavy atom. The monoisotopic (exact) mass is 421 g/mol. The number of nitrogens with zero attached hydrogens (tertiary/aromatic N) is 2. The molecule has 0 bridgehead atoms. The van der Waals surface area contributed by atoms with E-state index in [0.717, 1.165) is 35.9 Å². The summed E-state index contributed by atoms with van der Waals surface area (Å²) < 4.78 is 24.4. The minimum atomic E-state index is -0.268. The fourth-order valence-electron chi connectivity index (χ4n) is 2.82. The Hall–Kier alpha value is -1.09. The van der Waals surface area contributed by atoms with Crippen LogP contribution in [0.4, 0.5) is 4.39 Å². The Morgan fingerprint density at radius 2 is 2.14 bits per heavy atom. The third kappa shape index (κ3) is 3.81. The van der Waals surface area contributed by atoms with E-state index in [9.17, 15) is 4.39 Å². The number of aliphatic imine (C=N–C) groups is 1.